The molecule has 19 heavy (non-hydrogen) atoms. The summed E-state index contributed by atoms with van der Waals surface area (Å²) in [6, 6.07) is 7.95. The first kappa shape index (κ1) is 13.4. The number of nitrogens with one attached hydrogen (secondary N) is 1. The second-order valence-electron chi connectivity index (χ2n) is 4.14. The zero-order chi connectivity index (χ0) is 13.7. The average Bonchev–Trinajstić information content (AvgIpc) is 2.48. The largest absolute Gasteiger partial charge is 0.493 e. The van der Waals surface area contributed by atoms with Gasteiger partial charge in [-0.15, -0.1) is 0 Å². The quantitative estimate of drug-likeness (QED) is 0.894. The van der Waals surface area contributed by atoms with Gasteiger partial charge in [0.15, 0.2) is 11.5 Å². The third-order valence-corrected chi connectivity index (χ3v) is 2.95. The number of benzene rings is 1. The Morgan fingerprint density at radius 2 is 1.89 bits per heavy atom. The van der Waals surface area contributed by atoms with Crippen LogP contribution in [-0.4, -0.2) is 26.3 Å². The third-order valence-electron chi connectivity index (χ3n) is 2.95. The van der Waals surface area contributed by atoms with Crippen molar-refractivity contribution in [3.8, 4) is 22.6 Å². The Balaban J connectivity index is 2.57. The van der Waals surface area contributed by atoms with E-state index in [0.29, 0.717) is 0 Å². The van der Waals surface area contributed by atoms with Gasteiger partial charge in [-0.3, -0.25) is 4.98 Å². The molecular weight excluding hydrogens is 240 g/mol. The zero-order valence-electron chi connectivity index (χ0n) is 11.4. The predicted molar refractivity (Wildman–Crippen MR) is 75.5 cm³/mol. The molecule has 1 aromatic carbocycles. The van der Waals surface area contributed by atoms with Crippen LogP contribution in [0.25, 0.3) is 11.1 Å². The highest BCUT2D eigenvalue weighted by molar-refractivity contribution is 5.70. The van der Waals surface area contributed by atoms with Crippen LogP contribution >= 0.6 is 0 Å². The molecule has 0 spiro atoms. The molecule has 4 nitrogen and oxygen atoms in total. The molecule has 100 valence electrons. The number of methoxy groups -OCH3 is 2. The summed E-state index contributed by atoms with van der Waals surface area (Å²) in [4.78, 5) is 4.17. The Kier molecular flexibility index (Phi) is 4.36. The number of aromatic nitrogens is 1. The van der Waals surface area contributed by atoms with Crippen molar-refractivity contribution in [2.75, 3.05) is 21.3 Å². The topological polar surface area (TPSA) is 43.4 Å². The van der Waals surface area contributed by atoms with Gasteiger partial charge in [0, 0.05) is 24.5 Å². The lowest BCUT2D eigenvalue weighted by Crippen LogP contribution is -2.07. The van der Waals surface area contributed by atoms with Gasteiger partial charge in [-0.1, -0.05) is 6.07 Å². The van der Waals surface area contributed by atoms with E-state index in [1.807, 2.05) is 37.5 Å². The van der Waals surface area contributed by atoms with Gasteiger partial charge >= 0.3 is 0 Å². The second kappa shape index (κ2) is 6.20. The van der Waals surface area contributed by atoms with Crippen LogP contribution in [0.3, 0.4) is 0 Å². The predicted octanol–water partition coefficient (Wildman–Crippen LogP) is 2.49. The third kappa shape index (κ3) is 2.85. The Morgan fingerprint density at radius 3 is 2.47 bits per heavy atom. The molecule has 2 aromatic rings. The van der Waals surface area contributed by atoms with Crippen LogP contribution < -0.4 is 14.8 Å². The van der Waals surface area contributed by atoms with E-state index in [1.54, 1.807) is 20.4 Å². The molecule has 0 bridgehead atoms. The number of hydrogen-bond donors (Lipinski definition) is 1. The standard InChI is InChI=1S/C15H18N2O2/c1-16-9-12-7-14(18-2)15(19-3)8-13(12)11-5-4-6-17-10-11/h4-8,10,16H,9H2,1-3H3. The lowest BCUT2D eigenvalue weighted by atomic mass is 10.00. The molecule has 0 aliphatic carbocycles. The minimum Gasteiger partial charge on any atom is -0.493 e. The number of hydrogen-bond acceptors (Lipinski definition) is 4. The smallest absolute Gasteiger partial charge is 0.161 e. The lowest BCUT2D eigenvalue weighted by Gasteiger charge is -2.14. The highest BCUT2D eigenvalue weighted by Crippen LogP contribution is 2.35. The van der Waals surface area contributed by atoms with Crippen molar-refractivity contribution >= 4 is 0 Å². The Labute approximate surface area is 113 Å². The molecule has 0 fully saturated rings. The molecule has 0 amide bonds. The molecule has 0 saturated heterocycles. The molecular formula is C15H18N2O2. The van der Waals surface area contributed by atoms with Crippen LogP contribution in [-0.2, 0) is 6.54 Å². The van der Waals surface area contributed by atoms with Gasteiger partial charge in [0.05, 0.1) is 14.2 Å². The fraction of sp³-hybridized carbons (Fsp3) is 0.267. The van der Waals surface area contributed by atoms with Crippen LogP contribution in [0.15, 0.2) is 36.7 Å². The number of rotatable bonds is 5. The highest BCUT2D eigenvalue weighted by Gasteiger charge is 2.12. The zero-order valence-corrected chi connectivity index (χ0v) is 11.4. The minimum absolute atomic E-state index is 0.723. The van der Waals surface area contributed by atoms with Crippen molar-refractivity contribution in [1.29, 1.82) is 0 Å². The highest BCUT2D eigenvalue weighted by atomic mass is 16.5. The van der Waals surface area contributed by atoms with E-state index in [-0.39, 0.29) is 0 Å². The van der Waals surface area contributed by atoms with Crippen LogP contribution in [0.2, 0.25) is 0 Å². The van der Waals surface area contributed by atoms with E-state index >= 15 is 0 Å². The summed E-state index contributed by atoms with van der Waals surface area (Å²) in [5, 5.41) is 3.17. The van der Waals surface area contributed by atoms with Crippen LogP contribution in [0.5, 0.6) is 11.5 Å². The van der Waals surface area contributed by atoms with E-state index in [1.165, 1.54) is 0 Å². The fourth-order valence-electron chi connectivity index (χ4n) is 2.05. The Hall–Kier alpha value is -2.07. The summed E-state index contributed by atoms with van der Waals surface area (Å²) >= 11 is 0. The summed E-state index contributed by atoms with van der Waals surface area (Å²) in [6.45, 7) is 0.755. The van der Waals surface area contributed by atoms with E-state index in [0.717, 1.165) is 34.7 Å². The summed E-state index contributed by atoms with van der Waals surface area (Å²) in [5.74, 6) is 1.46. The molecule has 0 saturated carbocycles. The molecule has 0 unspecified atom stereocenters. The van der Waals surface area contributed by atoms with Crippen molar-refractivity contribution in [3.05, 3.63) is 42.2 Å². The minimum atomic E-state index is 0.723. The Bertz CT molecular complexity index is 541. The maximum Gasteiger partial charge on any atom is 0.161 e. The second-order valence-corrected chi connectivity index (χ2v) is 4.14. The van der Waals surface area contributed by atoms with Crippen molar-refractivity contribution in [3.63, 3.8) is 0 Å². The maximum absolute atomic E-state index is 5.37. The Morgan fingerprint density at radius 1 is 1.16 bits per heavy atom. The number of nitrogens with zero attached hydrogens (tertiary/aromatic N) is 1. The van der Waals surface area contributed by atoms with Gasteiger partial charge in [-0.2, -0.15) is 0 Å². The van der Waals surface area contributed by atoms with E-state index in [9.17, 15) is 0 Å². The van der Waals surface area contributed by atoms with Crippen LogP contribution in [0, 0.1) is 0 Å². The molecule has 1 aromatic heterocycles. The van der Waals surface area contributed by atoms with E-state index in [4.69, 9.17) is 9.47 Å². The van der Waals surface area contributed by atoms with Gasteiger partial charge in [-0.05, 0) is 36.4 Å². The van der Waals surface area contributed by atoms with Crippen molar-refractivity contribution < 1.29 is 9.47 Å². The van der Waals surface area contributed by atoms with Crippen molar-refractivity contribution in [2.24, 2.45) is 0 Å². The van der Waals surface area contributed by atoms with Crippen LogP contribution in [0.4, 0.5) is 0 Å². The summed E-state index contributed by atoms with van der Waals surface area (Å²) < 4.78 is 10.7. The first-order valence-corrected chi connectivity index (χ1v) is 6.10. The van der Waals surface area contributed by atoms with Gasteiger partial charge in [0.1, 0.15) is 0 Å². The van der Waals surface area contributed by atoms with Crippen LogP contribution in [0.1, 0.15) is 5.56 Å². The molecule has 0 atom stereocenters. The summed E-state index contributed by atoms with van der Waals surface area (Å²) in [7, 11) is 5.21. The number of ether oxygens (including phenoxy) is 2. The normalized spacial score (nSPS) is 10.3. The first-order chi connectivity index (χ1) is 9.30. The number of pyridine rings is 1. The molecule has 1 heterocycles. The summed E-state index contributed by atoms with van der Waals surface area (Å²) in [5.41, 5.74) is 3.31. The van der Waals surface area contributed by atoms with Gasteiger partial charge in [0.25, 0.3) is 0 Å². The fourth-order valence-corrected chi connectivity index (χ4v) is 2.05. The average molecular weight is 258 g/mol. The van der Waals surface area contributed by atoms with Crippen molar-refractivity contribution in [2.45, 2.75) is 6.54 Å². The molecule has 0 aliphatic heterocycles. The van der Waals surface area contributed by atoms with Crippen molar-refractivity contribution in [1.82, 2.24) is 10.3 Å². The van der Waals surface area contributed by atoms with Gasteiger partial charge in [0.2, 0.25) is 0 Å². The monoisotopic (exact) mass is 258 g/mol. The van der Waals surface area contributed by atoms with E-state index in [2.05, 4.69) is 10.3 Å². The lowest BCUT2D eigenvalue weighted by molar-refractivity contribution is 0.354. The van der Waals surface area contributed by atoms with E-state index < -0.39 is 0 Å². The molecule has 0 radical (unpaired) electrons. The SMILES string of the molecule is CNCc1cc(OC)c(OC)cc1-c1cccnc1. The van der Waals surface area contributed by atoms with Gasteiger partial charge < -0.3 is 14.8 Å². The van der Waals surface area contributed by atoms with Gasteiger partial charge in [-0.25, -0.2) is 0 Å². The first-order valence-electron chi connectivity index (χ1n) is 6.10. The molecule has 2 rings (SSSR count). The molecule has 4 heteroatoms. The summed E-state index contributed by atoms with van der Waals surface area (Å²) in [6.07, 6.45) is 3.61. The molecule has 1 N–H and O–H groups in total. The maximum atomic E-state index is 5.37. The molecule has 0 aliphatic rings.